The van der Waals surface area contributed by atoms with Crippen molar-refractivity contribution in [2.24, 2.45) is 7.05 Å². The van der Waals surface area contributed by atoms with Crippen molar-refractivity contribution in [3.8, 4) is 22.8 Å². The Balaban J connectivity index is 1.46. The minimum absolute atomic E-state index is 0.0319. The van der Waals surface area contributed by atoms with E-state index in [9.17, 15) is 9.59 Å². The first-order valence-electron chi connectivity index (χ1n) is 8.30. The highest BCUT2D eigenvalue weighted by Gasteiger charge is 2.16. The highest BCUT2D eigenvalue weighted by atomic mass is 16.6. The third-order valence-corrected chi connectivity index (χ3v) is 4.08. The Bertz CT molecular complexity index is 1050. The molecule has 0 N–H and O–H groups in total. The molecule has 0 radical (unpaired) electrons. The number of aryl methyl sites for hydroxylation is 1. The second-order valence-electron chi connectivity index (χ2n) is 5.95. The first-order chi connectivity index (χ1) is 13.1. The predicted molar refractivity (Wildman–Crippen MR) is 93.7 cm³/mol. The quantitative estimate of drug-likeness (QED) is 0.652. The standard InChI is InChI=1S/C19H16N2O6/c1-21-6-2-3-14(18(21)22)19(23)26-11-13-10-16(27-20-13)12-4-5-15-17(9-12)25-8-7-24-15/h2-6,9-10H,7-8,11H2,1H3. The summed E-state index contributed by atoms with van der Waals surface area (Å²) in [6, 6.07) is 10.1. The lowest BCUT2D eigenvalue weighted by molar-refractivity contribution is 0.0461. The lowest BCUT2D eigenvalue weighted by Crippen LogP contribution is -2.24. The second kappa shape index (κ2) is 6.99. The molecule has 0 bridgehead atoms. The smallest absolute Gasteiger partial charge is 0.344 e. The van der Waals surface area contributed by atoms with Crippen LogP contribution in [0.25, 0.3) is 11.3 Å². The fourth-order valence-electron chi connectivity index (χ4n) is 2.68. The van der Waals surface area contributed by atoms with Gasteiger partial charge in [-0.2, -0.15) is 0 Å². The zero-order chi connectivity index (χ0) is 18.8. The lowest BCUT2D eigenvalue weighted by Gasteiger charge is -2.18. The molecule has 0 saturated heterocycles. The molecular formula is C19H16N2O6. The molecule has 0 aliphatic carbocycles. The topological polar surface area (TPSA) is 92.8 Å². The van der Waals surface area contributed by atoms with Gasteiger partial charge in [-0.05, 0) is 30.3 Å². The van der Waals surface area contributed by atoms with Crippen molar-refractivity contribution in [3.63, 3.8) is 0 Å². The third-order valence-electron chi connectivity index (χ3n) is 4.08. The molecule has 0 unspecified atom stereocenters. The first kappa shape index (κ1) is 16.9. The number of aromatic nitrogens is 2. The van der Waals surface area contributed by atoms with Crippen LogP contribution in [0.4, 0.5) is 0 Å². The molecule has 1 aliphatic heterocycles. The zero-order valence-electron chi connectivity index (χ0n) is 14.5. The normalized spacial score (nSPS) is 12.6. The van der Waals surface area contributed by atoms with Crippen LogP contribution in [0.1, 0.15) is 16.1 Å². The van der Waals surface area contributed by atoms with Gasteiger partial charge < -0.3 is 23.3 Å². The van der Waals surface area contributed by atoms with Crippen molar-refractivity contribution >= 4 is 5.97 Å². The maximum absolute atomic E-state index is 12.1. The Morgan fingerprint density at radius 1 is 1.19 bits per heavy atom. The summed E-state index contributed by atoms with van der Waals surface area (Å²) in [6.07, 6.45) is 1.57. The molecule has 3 heterocycles. The van der Waals surface area contributed by atoms with E-state index in [1.54, 1.807) is 37.5 Å². The summed E-state index contributed by atoms with van der Waals surface area (Å²) in [5.41, 5.74) is 0.748. The highest BCUT2D eigenvalue weighted by molar-refractivity contribution is 5.88. The summed E-state index contributed by atoms with van der Waals surface area (Å²) in [6.45, 7) is 0.909. The predicted octanol–water partition coefficient (Wildman–Crippen LogP) is 2.17. The van der Waals surface area contributed by atoms with Gasteiger partial charge in [0.15, 0.2) is 17.3 Å². The van der Waals surface area contributed by atoms with E-state index in [1.807, 2.05) is 6.07 Å². The highest BCUT2D eigenvalue weighted by Crippen LogP contribution is 2.34. The van der Waals surface area contributed by atoms with Crippen LogP contribution in [0.3, 0.4) is 0 Å². The minimum atomic E-state index is -0.708. The molecule has 0 amide bonds. The number of pyridine rings is 1. The van der Waals surface area contributed by atoms with E-state index in [0.717, 1.165) is 5.56 Å². The number of hydrogen-bond acceptors (Lipinski definition) is 7. The third kappa shape index (κ3) is 3.41. The molecule has 0 spiro atoms. The van der Waals surface area contributed by atoms with Crippen molar-refractivity contribution in [2.75, 3.05) is 13.2 Å². The number of esters is 1. The monoisotopic (exact) mass is 368 g/mol. The average Bonchev–Trinajstić information content (AvgIpc) is 3.17. The summed E-state index contributed by atoms with van der Waals surface area (Å²) in [5, 5.41) is 3.90. The lowest BCUT2D eigenvalue weighted by atomic mass is 10.1. The molecule has 0 saturated carbocycles. The average molecular weight is 368 g/mol. The van der Waals surface area contributed by atoms with Gasteiger partial charge >= 0.3 is 5.97 Å². The van der Waals surface area contributed by atoms with Gasteiger partial charge in [-0.1, -0.05) is 5.16 Å². The Labute approximate surface area is 153 Å². The van der Waals surface area contributed by atoms with Crippen LogP contribution >= 0.6 is 0 Å². The van der Waals surface area contributed by atoms with E-state index in [2.05, 4.69) is 5.16 Å². The van der Waals surface area contributed by atoms with E-state index in [4.69, 9.17) is 18.7 Å². The van der Waals surface area contributed by atoms with Crippen molar-refractivity contribution in [2.45, 2.75) is 6.61 Å². The van der Waals surface area contributed by atoms with Gasteiger partial charge in [0.2, 0.25) is 0 Å². The van der Waals surface area contributed by atoms with Gasteiger partial charge in [0.1, 0.15) is 31.1 Å². The number of carbonyl (C=O) groups excluding carboxylic acids is 1. The minimum Gasteiger partial charge on any atom is -0.486 e. The summed E-state index contributed by atoms with van der Waals surface area (Å²) in [4.78, 5) is 24.0. The maximum Gasteiger partial charge on any atom is 0.344 e. The van der Waals surface area contributed by atoms with Crippen LogP contribution < -0.4 is 15.0 Å². The molecule has 8 nitrogen and oxygen atoms in total. The molecule has 1 aliphatic rings. The van der Waals surface area contributed by atoms with E-state index < -0.39 is 11.5 Å². The molecule has 1 aromatic carbocycles. The van der Waals surface area contributed by atoms with Crippen molar-refractivity contribution in [1.82, 2.24) is 9.72 Å². The van der Waals surface area contributed by atoms with Crippen molar-refractivity contribution < 1.29 is 23.5 Å². The van der Waals surface area contributed by atoms with Gasteiger partial charge in [-0.15, -0.1) is 0 Å². The van der Waals surface area contributed by atoms with E-state index in [-0.39, 0.29) is 12.2 Å². The largest absolute Gasteiger partial charge is 0.486 e. The van der Waals surface area contributed by atoms with E-state index >= 15 is 0 Å². The zero-order valence-corrected chi connectivity index (χ0v) is 14.5. The Kier molecular flexibility index (Phi) is 4.37. The molecular weight excluding hydrogens is 352 g/mol. The van der Waals surface area contributed by atoms with Gasteiger partial charge in [0.05, 0.1) is 0 Å². The number of fused-ring (bicyclic) bond motifs is 1. The van der Waals surface area contributed by atoms with Crippen molar-refractivity contribution in [1.29, 1.82) is 0 Å². The Morgan fingerprint density at radius 3 is 2.85 bits per heavy atom. The Morgan fingerprint density at radius 2 is 2.00 bits per heavy atom. The SMILES string of the molecule is Cn1cccc(C(=O)OCc2cc(-c3ccc4c(c3)OCCO4)on2)c1=O. The van der Waals surface area contributed by atoms with Gasteiger partial charge in [-0.3, -0.25) is 4.79 Å². The van der Waals surface area contributed by atoms with Crippen LogP contribution in [-0.2, 0) is 18.4 Å². The molecule has 4 rings (SSSR count). The van der Waals surface area contributed by atoms with Crippen LogP contribution in [0.15, 0.2) is 51.9 Å². The maximum atomic E-state index is 12.1. The summed E-state index contributed by atoms with van der Waals surface area (Å²) >= 11 is 0. The molecule has 0 atom stereocenters. The molecule has 2 aromatic heterocycles. The fourth-order valence-corrected chi connectivity index (χ4v) is 2.68. The second-order valence-corrected chi connectivity index (χ2v) is 5.95. The van der Waals surface area contributed by atoms with Crippen LogP contribution in [0.2, 0.25) is 0 Å². The number of benzene rings is 1. The number of carbonyl (C=O) groups is 1. The number of rotatable bonds is 4. The fraction of sp³-hybridized carbons (Fsp3) is 0.211. The summed E-state index contributed by atoms with van der Waals surface area (Å²) in [7, 11) is 1.57. The number of hydrogen-bond donors (Lipinski definition) is 0. The van der Waals surface area contributed by atoms with Crippen molar-refractivity contribution in [3.05, 3.63) is 64.2 Å². The molecule has 3 aromatic rings. The van der Waals surface area contributed by atoms with E-state index in [1.165, 1.54) is 10.6 Å². The van der Waals surface area contributed by atoms with E-state index in [0.29, 0.717) is 36.2 Å². The van der Waals surface area contributed by atoms with Gasteiger partial charge in [0.25, 0.3) is 5.56 Å². The number of nitrogens with zero attached hydrogens (tertiary/aromatic N) is 2. The van der Waals surface area contributed by atoms with Gasteiger partial charge in [0, 0.05) is 24.9 Å². The van der Waals surface area contributed by atoms with Crippen LogP contribution in [0.5, 0.6) is 11.5 Å². The first-order valence-corrected chi connectivity index (χ1v) is 8.30. The summed E-state index contributed by atoms with van der Waals surface area (Å²) < 4.78 is 22.8. The number of ether oxygens (including phenoxy) is 3. The molecule has 0 fully saturated rings. The summed E-state index contributed by atoms with van der Waals surface area (Å²) in [5.74, 6) is 1.12. The Hall–Kier alpha value is -3.55. The molecule has 138 valence electrons. The van der Waals surface area contributed by atoms with Gasteiger partial charge in [-0.25, -0.2) is 4.79 Å². The molecule has 27 heavy (non-hydrogen) atoms. The van der Waals surface area contributed by atoms with Crippen LogP contribution in [-0.4, -0.2) is 28.9 Å². The molecule has 8 heteroatoms. The van der Waals surface area contributed by atoms with Crippen LogP contribution in [0, 0.1) is 0 Å².